The Morgan fingerprint density at radius 1 is 1.09 bits per heavy atom. The lowest BCUT2D eigenvalue weighted by molar-refractivity contribution is -0.192. The number of carboxylic acids is 1. The molecule has 1 aliphatic heterocycles. The number of carbonyl (C=O) groups excluding carboxylic acids is 1. The molecule has 0 saturated carbocycles. The minimum atomic E-state index is -5.08. The average Bonchev–Trinajstić information content (AvgIpc) is 3.12. The summed E-state index contributed by atoms with van der Waals surface area (Å²) in [5, 5.41) is 17.2. The maximum absolute atomic E-state index is 11.5. The number of nitrogens with one attached hydrogen (secondary N) is 1. The highest BCUT2D eigenvalue weighted by molar-refractivity contribution is 5.93. The van der Waals surface area contributed by atoms with Gasteiger partial charge in [0, 0.05) is 54.3 Å². The number of hydrogen-bond acceptors (Lipinski definition) is 4. The number of nitrogens with zero attached hydrogens (tertiary/aromatic N) is 2. The number of halogens is 3. The molecule has 0 unspecified atom stereocenters. The van der Waals surface area contributed by atoms with Crippen LogP contribution in [-0.2, 0) is 24.3 Å². The number of fused-ring (bicyclic) bond motifs is 3. The minimum absolute atomic E-state index is 0.452. The first-order chi connectivity index (χ1) is 16.0. The van der Waals surface area contributed by atoms with E-state index in [-0.39, 0.29) is 0 Å². The van der Waals surface area contributed by atoms with Crippen LogP contribution in [0.25, 0.3) is 10.9 Å². The van der Waals surface area contributed by atoms with Crippen molar-refractivity contribution in [3.63, 3.8) is 0 Å². The molecule has 0 spiro atoms. The standard InChI is InChI=1S/C22H25N3O2.C2HF3O2/c1-15(2)24-12-11-21-19(14-24)18-5-3-4-6-20(18)25(21)13-16-7-9-17(10-8-16)22(26)23-27;3-2(4,5)1(6)7/h3-10,15,27H,11-14H2,1-2H3,(H,23,26);(H,6,7). The summed E-state index contributed by atoms with van der Waals surface area (Å²) >= 11 is 0. The molecule has 1 aliphatic rings. The van der Waals surface area contributed by atoms with Gasteiger partial charge in [-0.05, 0) is 43.2 Å². The van der Waals surface area contributed by atoms with E-state index in [1.54, 1.807) is 17.6 Å². The molecule has 182 valence electrons. The molecule has 1 aromatic heterocycles. The van der Waals surface area contributed by atoms with Crippen LogP contribution in [0.2, 0.25) is 0 Å². The van der Waals surface area contributed by atoms with Crippen LogP contribution in [0.3, 0.4) is 0 Å². The molecule has 3 N–H and O–H groups in total. The molecule has 2 aromatic carbocycles. The van der Waals surface area contributed by atoms with Crippen molar-refractivity contribution in [2.45, 2.75) is 45.6 Å². The number of hydrogen-bond donors (Lipinski definition) is 3. The lowest BCUT2D eigenvalue weighted by Crippen LogP contribution is -2.36. The number of alkyl halides is 3. The van der Waals surface area contributed by atoms with E-state index in [4.69, 9.17) is 15.1 Å². The number of carboxylic acid groups (broad SMARTS) is 1. The number of carbonyl (C=O) groups is 2. The van der Waals surface area contributed by atoms with E-state index in [2.05, 4.69) is 47.6 Å². The lowest BCUT2D eigenvalue weighted by atomic mass is 10.0. The Labute approximate surface area is 194 Å². The van der Waals surface area contributed by atoms with Gasteiger partial charge in [0.2, 0.25) is 0 Å². The van der Waals surface area contributed by atoms with Gasteiger partial charge in [0.15, 0.2) is 0 Å². The summed E-state index contributed by atoms with van der Waals surface area (Å²) in [6, 6.07) is 16.6. The van der Waals surface area contributed by atoms with Crippen molar-refractivity contribution >= 4 is 22.8 Å². The summed E-state index contributed by atoms with van der Waals surface area (Å²) in [7, 11) is 0. The maximum Gasteiger partial charge on any atom is 0.490 e. The summed E-state index contributed by atoms with van der Waals surface area (Å²) in [5.41, 5.74) is 7.40. The van der Waals surface area contributed by atoms with Gasteiger partial charge in [-0.1, -0.05) is 30.3 Å². The number of rotatable bonds is 4. The Morgan fingerprint density at radius 3 is 2.26 bits per heavy atom. The fraction of sp³-hybridized carbons (Fsp3) is 0.333. The third-order valence-corrected chi connectivity index (χ3v) is 5.82. The van der Waals surface area contributed by atoms with Crippen molar-refractivity contribution in [1.29, 1.82) is 0 Å². The molecule has 0 atom stereocenters. The van der Waals surface area contributed by atoms with Crippen LogP contribution in [0.15, 0.2) is 48.5 Å². The molecule has 0 saturated heterocycles. The monoisotopic (exact) mass is 477 g/mol. The number of aromatic nitrogens is 1. The average molecular weight is 477 g/mol. The van der Waals surface area contributed by atoms with Gasteiger partial charge in [-0.25, -0.2) is 10.3 Å². The highest BCUT2D eigenvalue weighted by Gasteiger charge is 2.38. The van der Waals surface area contributed by atoms with Crippen molar-refractivity contribution in [3.05, 3.63) is 70.9 Å². The Morgan fingerprint density at radius 2 is 1.71 bits per heavy atom. The molecule has 2 heterocycles. The molecule has 7 nitrogen and oxygen atoms in total. The molecule has 4 rings (SSSR count). The minimum Gasteiger partial charge on any atom is -0.475 e. The summed E-state index contributed by atoms with van der Waals surface area (Å²) in [5.74, 6) is -3.24. The fourth-order valence-electron chi connectivity index (χ4n) is 4.05. The predicted octanol–water partition coefficient (Wildman–Crippen LogP) is 4.21. The molecule has 10 heteroatoms. The van der Waals surface area contributed by atoms with Gasteiger partial charge in [-0.3, -0.25) is 14.9 Å². The molecule has 0 radical (unpaired) electrons. The highest BCUT2D eigenvalue weighted by Crippen LogP contribution is 2.32. The van der Waals surface area contributed by atoms with Crippen molar-refractivity contribution in [3.8, 4) is 0 Å². The van der Waals surface area contributed by atoms with Crippen LogP contribution >= 0.6 is 0 Å². The van der Waals surface area contributed by atoms with E-state index in [9.17, 15) is 18.0 Å². The van der Waals surface area contributed by atoms with Crippen molar-refractivity contribution in [1.82, 2.24) is 14.9 Å². The lowest BCUT2D eigenvalue weighted by Gasteiger charge is -2.31. The Balaban J connectivity index is 0.000000406. The number of para-hydroxylation sites is 1. The number of aliphatic carboxylic acids is 1. The molecule has 0 fully saturated rings. The Kier molecular flexibility index (Phi) is 7.63. The van der Waals surface area contributed by atoms with Crippen LogP contribution in [-0.4, -0.2) is 50.4 Å². The Bertz CT molecular complexity index is 1170. The van der Waals surface area contributed by atoms with E-state index in [1.807, 2.05) is 12.1 Å². The van der Waals surface area contributed by atoms with E-state index in [0.717, 1.165) is 31.6 Å². The molecule has 3 aromatic rings. The second-order valence-electron chi connectivity index (χ2n) is 8.28. The van der Waals surface area contributed by atoms with Gasteiger partial charge in [-0.15, -0.1) is 0 Å². The van der Waals surface area contributed by atoms with Crippen LogP contribution < -0.4 is 5.48 Å². The zero-order valence-electron chi connectivity index (χ0n) is 18.8. The second-order valence-corrected chi connectivity index (χ2v) is 8.28. The van der Waals surface area contributed by atoms with Gasteiger partial charge in [-0.2, -0.15) is 13.2 Å². The summed E-state index contributed by atoms with van der Waals surface area (Å²) in [4.78, 5) is 22.9. The van der Waals surface area contributed by atoms with Gasteiger partial charge in [0.05, 0.1) is 0 Å². The first-order valence-electron chi connectivity index (χ1n) is 10.7. The number of benzene rings is 2. The normalized spacial score (nSPS) is 13.9. The van der Waals surface area contributed by atoms with Crippen LogP contribution in [0.5, 0.6) is 0 Å². The number of amides is 1. The van der Waals surface area contributed by atoms with E-state index >= 15 is 0 Å². The SMILES string of the molecule is CC(C)N1CCc2c(c3ccccc3n2Cc2ccc(C(=O)NO)cc2)C1.O=C(O)C(F)(F)F. The van der Waals surface area contributed by atoms with Gasteiger partial charge >= 0.3 is 12.1 Å². The summed E-state index contributed by atoms with van der Waals surface area (Å²) in [6.45, 7) is 7.37. The fourth-order valence-corrected chi connectivity index (χ4v) is 4.05. The quantitative estimate of drug-likeness (QED) is 0.387. The van der Waals surface area contributed by atoms with Crippen LogP contribution in [0, 0.1) is 0 Å². The van der Waals surface area contributed by atoms with Crippen molar-refractivity contribution in [2.24, 2.45) is 0 Å². The zero-order chi connectivity index (χ0) is 25.0. The highest BCUT2D eigenvalue weighted by atomic mass is 19.4. The molecular formula is C24H26F3N3O4. The molecule has 0 aliphatic carbocycles. The second kappa shape index (κ2) is 10.3. The van der Waals surface area contributed by atoms with Crippen molar-refractivity contribution in [2.75, 3.05) is 6.54 Å². The van der Waals surface area contributed by atoms with Crippen molar-refractivity contribution < 1.29 is 33.1 Å². The van der Waals surface area contributed by atoms with Crippen LogP contribution in [0.1, 0.15) is 41.0 Å². The maximum atomic E-state index is 11.5. The van der Waals surface area contributed by atoms with Gasteiger partial charge in [0.25, 0.3) is 5.91 Å². The summed E-state index contributed by atoms with van der Waals surface area (Å²) < 4.78 is 34.2. The van der Waals surface area contributed by atoms with E-state index < -0.39 is 18.1 Å². The smallest absolute Gasteiger partial charge is 0.475 e. The first-order valence-corrected chi connectivity index (χ1v) is 10.7. The zero-order valence-corrected chi connectivity index (χ0v) is 18.8. The predicted molar refractivity (Wildman–Crippen MR) is 120 cm³/mol. The van der Waals surface area contributed by atoms with Gasteiger partial charge < -0.3 is 9.67 Å². The molecule has 1 amide bonds. The number of hydroxylamine groups is 1. The third-order valence-electron chi connectivity index (χ3n) is 5.82. The first kappa shape index (κ1) is 25.3. The van der Waals surface area contributed by atoms with Gasteiger partial charge in [0.1, 0.15) is 0 Å². The van der Waals surface area contributed by atoms with E-state index in [1.165, 1.54) is 22.2 Å². The summed E-state index contributed by atoms with van der Waals surface area (Å²) in [6.07, 6.45) is -4.03. The molecule has 0 bridgehead atoms. The van der Waals surface area contributed by atoms with E-state index in [0.29, 0.717) is 11.6 Å². The third kappa shape index (κ3) is 5.57. The molecule has 34 heavy (non-hydrogen) atoms. The molecular weight excluding hydrogens is 451 g/mol. The largest absolute Gasteiger partial charge is 0.490 e. The topological polar surface area (TPSA) is 94.8 Å². The Hall–Kier alpha value is -3.37. The van der Waals surface area contributed by atoms with Crippen LogP contribution in [0.4, 0.5) is 13.2 Å².